The summed E-state index contributed by atoms with van der Waals surface area (Å²) in [4.78, 5) is 128. The third-order valence-corrected chi connectivity index (χ3v) is 19.4. The number of carbonyl (C=O) groups is 9. The van der Waals surface area contributed by atoms with Crippen LogP contribution in [0, 0.1) is 23.2 Å². The highest BCUT2D eigenvalue weighted by Gasteiger charge is 2.58. The molecule has 1 aliphatic carbocycles. The van der Waals surface area contributed by atoms with Gasteiger partial charge in [0.25, 0.3) is 11.8 Å². The first-order chi connectivity index (χ1) is 50.4. The maximum Gasteiger partial charge on any atom is 0.416 e. The van der Waals surface area contributed by atoms with Crippen molar-refractivity contribution in [1.29, 1.82) is 0 Å². The Morgan fingerprint density at radius 2 is 1.37 bits per heavy atom. The number of benzene rings is 6. The molecular formula is C77H79F3N10O15. The summed E-state index contributed by atoms with van der Waals surface area (Å²) in [5, 5.41) is 28.3. The lowest BCUT2D eigenvalue weighted by molar-refractivity contribution is -0.137. The largest absolute Gasteiger partial charge is 0.493 e. The molecule has 2 fully saturated rings. The zero-order valence-corrected chi connectivity index (χ0v) is 58.3. The number of para-hydroxylation sites is 1. The molecule has 7 N–H and O–H groups in total. The number of hydrogen-bond donors (Lipinski definition) is 7. The van der Waals surface area contributed by atoms with E-state index in [-0.39, 0.29) is 91.0 Å². The van der Waals surface area contributed by atoms with Crippen molar-refractivity contribution in [2.45, 2.75) is 115 Å². The van der Waals surface area contributed by atoms with Gasteiger partial charge in [0.2, 0.25) is 35.4 Å². The molecule has 5 aliphatic heterocycles. The number of aliphatic hydroxyl groups is 1. The summed E-state index contributed by atoms with van der Waals surface area (Å²) in [6.07, 6.45) is -2.76. The van der Waals surface area contributed by atoms with Crippen molar-refractivity contribution in [2.24, 2.45) is 11.3 Å². The SMILES string of the molecule is COc1cc2c(cc1OCCCOc1cc3c(cc1OC)C(=O)N1CC4(CC4)C[C@H]1C(O)N3C(=O)OCc1ccc(NC(=O)[C@H](C)NC(=O)[C@@H](NC(=O)CNC(=O)CNC(=O)CCC(=O)N3Cc4ccccc4C#Cc4ccccc43)C(C)C)cc1)NC[C@@H]1CC(c3ccc(C(F)(F)F)cc3)=CN1C2=O. The Bertz CT molecular complexity index is 4490. The van der Waals surface area contributed by atoms with Gasteiger partial charge in [-0.05, 0) is 121 Å². The minimum Gasteiger partial charge on any atom is -0.493 e. The molecule has 1 unspecified atom stereocenters. The van der Waals surface area contributed by atoms with Gasteiger partial charge in [0, 0.05) is 67.5 Å². The number of carbonyl (C=O) groups excluding carboxylic acids is 9. The smallest absolute Gasteiger partial charge is 0.416 e. The number of nitrogens with one attached hydrogen (secondary N) is 6. The summed E-state index contributed by atoms with van der Waals surface area (Å²) in [7, 11) is 2.85. The van der Waals surface area contributed by atoms with Gasteiger partial charge in [0.1, 0.15) is 18.7 Å². The van der Waals surface area contributed by atoms with E-state index in [1.54, 1.807) is 83.3 Å². The molecule has 5 atom stereocenters. The van der Waals surface area contributed by atoms with Crippen LogP contribution in [0.1, 0.15) is 120 Å². The first-order valence-corrected chi connectivity index (χ1v) is 34.5. The van der Waals surface area contributed by atoms with Crippen molar-refractivity contribution >= 4 is 81.7 Å². The summed E-state index contributed by atoms with van der Waals surface area (Å²) in [5.74, 6) is 2.49. The molecule has 1 spiro atoms. The van der Waals surface area contributed by atoms with E-state index in [0.29, 0.717) is 77.4 Å². The summed E-state index contributed by atoms with van der Waals surface area (Å²) < 4.78 is 69.5. The van der Waals surface area contributed by atoms with E-state index in [0.717, 1.165) is 46.6 Å². The Labute approximate surface area is 603 Å². The molecule has 548 valence electrons. The van der Waals surface area contributed by atoms with Crippen molar-refractivity contribution in [1.82, 2.24) is 31.1 Å². The molecule has 0 bridgehead atoms. The third kappa shape index (κ3) is 16.6. The van der Waals surface area contributed by atoms with E-state index >= 15 is 0 Å². The van der Waals surface area contributed by atoms with Crippen LogP contribution >= 0.6 is 0 Å². The van der Waals surface area contributed by atoms with Crippen LogP contribution in [0.3, 0.4) is 0 Å². The molecule has 1 saturated carbocycles. The molecule has 9 amide bonds. The normalized spacial score (nSPS) is 17.8. The second-order valence-electron chi connectivity index (χ2n) is 27.0. The van der Waals surface area contributed by atoms with Gasteiger partial charge in [-0.3, -0.25) is 38.4 Å². The number of ether oxygens (including phenoxy) is 5. The lowest BCUT2D eigenvalue weighted by atomic mass is 10.0. The van der Waals surface area contributed by atoms with E-state index in [1.807, 2.05) is 36.4 Å². The number of fused-ring (bicyclic) bond motifs is 6. The molecule has 5 heterocycles. The second-order valence-corrected chi connectivity index (χ2v) is 27.0. The van der Waals surface area contributed by atoms with Gasteiger partial charge in [0.15, 0.2) is 29.2 Å². The highest BCUT2D eigenvalue weighted by molar-refractivity contribution is 6.07. The van der Waals surface area contributed by atoms with Gasteiger partial charge >= 0.3 is 12.3 Å². The maximum atomic E-state index is 14.5. The topological polar surface area (TPSA) is 305 Å². The van der Waals surface area contributed by atoms with E-state index in [4.69, 9.17) is 23.7 Å². The average molecular weight is 1440 g/mol. The maximum absolute atomic E-state index is 14.5. The average Bonchev–Trinajstić information content (AvgIpc) is 1.57. The Morgan fingerprint density at radius 1 is 0.714 bits per heavy atom. The Kier molecular flexibility index (Phi) is 21.7. The number of alkyl halides is 3. The quantitative estimate of drug-likeness (QED) is 0.0221. The highest BCUT2D eigenvalue weighted by Crippen LogP contribution is 2.57. The molecule has 6 aliphatic rings. The third-order valence-electron chi connectivity index (χ3n) is 19.4. The van der Waals surface area contributed by atoms with Crippen LogP contribution < -0.4 is 60.6 Å². The minimum atomic E-state index is -4.48. The van der Waals surface area contributed by atoms with Crippen molar-refractivity contribution in [3.63, 3.8) is 0 Å². The second kappa shape index (κ2) is 31.2. The molecule has 105 heavy (non-hydrogen) atoms. The first-order valence-electron chi connectivity index (χ1n) is 34.5. The van der Waals surface area contributed by atoms with Gasteiger partial charge in [-0.15, -0.1) is 0 Å². The molecule has 28 heteroatoms. The molecule has 0 radical (unpaired) electrons. The number of nitrogens with zero attached hydrogens (tertiary/aromatic N) is 4. The molecule has 25 nitrogen and oxygen atoms in total. The van der Waals surface area contributed by atoms with Gasteiger partial charge in [0.05, 0.1) is 92.9 Å². The van der Waals surface area contributed by atoms with Crippen LogP contribution in [0.25, 0.3) is 5.57 Å². The number of halogens is 3. The minimum absolute atomic E-state index is 0.0236. The standard InChI is InChI=1S/C77H79F3N10O15/c1-44(2)69(86-67(93)39-83-66(92)38-82-65(91)25-26-68(94)88-40-50-13-7-6-11-47(50)17-18-49-12-8-9-14-58(49)88)71(96)84-45(3)70(95)85-53-23-15-46(16-24-53)42-105-75(100)90-59-35-64(62(102-5)33-56(59)73(98)89-43-76(27-28-76)36-60(89)74(90)99)104-30-10-29-103-63-34-57-55(32-61(63)101-4)72(97)87-41-51(31-54(87)37-81-57)48-19-21-52(22-20-48)77(78,79)80/h6-9,11-16,19-24,32-35,41,44-45,54,60,69,74,81,99H,10,25-31,36-40,42-43H2,1-5H3,(H,82,91)(H,83,92)(H,84,96)(H,85,95)(H,86,93)/t45-,54-,60-,69-,74?/m0/s1. The highest BCUT2D eigenvalue weighted by atomic mass is 19.4. The fourth-order valence-corrected chi connectivity index (χ4v) is 13.4. The van der Waals surface area contributed by atoms with E-state index in [2.05, 4.69) is 43.7 Å². The van der Waals surface area contributed by atoms with Gasteiger partial charge in [-0.1, -0.05) is 80.3 Å². The molecule has 6 aromatic rings. The summed E-state index contributed by atoms with van der Waals surface area (Å²) >= 11 is 0. The molecule has 1 saturated heterocycles. The van der Waals surface area contributed by atoms with Crippen molar-refractivity contribution in [3.05, 3.63) is 172 Å². The fourth-order valence-electron chi connectivity index (χ4n) is 13.4. The van der Waals surface area contributed by atoms with Crippen LogP contribution in [-0.2, 0) is 52.8 Å². The lowest BCUT2D eigenvalue weighted by Crippen LogP contribution is -2.55. The molecule has 12 rings (SSSR count). The molecular weight excluding hydrogens is 1360 g/mol. The molecule has 6 aromatic carbocycles. The predicted molar refractivity (Wildman–Crippen MR) is 379 cm³/mol. The van der Waals surface area contributed by atoms with Crippen molar-refractivity contribution < 1.29 is 85.1 Å². The number of aliphatic hydroxyl groups excluding tert-OH is 1. The van der Waals surface area contributed by atoms with Crippen molar-refractivity contribution in [3.8, 4) is 34.8 Å². The van der Waals surface area contributed by atoms with Gasteiger partial charge in [-0.25, -0.2) is 9.69 Å². The van der Waals surface area contributed by atoms with E-state index < -0.39 is 96.6 Å². The number of amides is 9. The van der Waals surface area contributed by atoms with Crippen molar-refractivity contribution in [2.75, 3.05) is 74.0 Å². The van der Waals surface area contributed by atoms with Gasteiger partial charge < -0.3 is 75.4 Å². The van der Waals surface area contributed by atoms with E-state index in [9.17, 15) is 61.4 Å². The summed E-state index contributed by atoms with van der Waals surface area (Å²) in [6, 6.07) is 28.8. The Morgan fingerprint density at radius 3 is 2.07 bits per heavy atom. The number of rotatable bonds is 24. The zero-order chi connectivity index (χ0) is 74.4. The van der Waals surface area contributed by atoms with Crippen LogP contribution in [0.15, 0.2) is 128 Å². The monoisotopic (exact) mass is 1440 g/mol. The number of methoxy groups -OCH3 is 2. The summed E-state index contributed by atoms with van der Waals surface area (Å²) in [6.45, 7) is 4.63. The predicted octanol–water partition coefficient (Wildman–Crippen LogP) is 8.26. The Balaban J connectivity index is 0.606. The lowest BCUT2D eigenvalue weighted by Gasteiger charge is -2.31. The first kappa shape index (κ1) is 73.2. The zero-order valence-electron chi connectivity index (χ0n) is 58.3. The Hall–Kier alpha value is -11.6. The van der Waals surface area contributed by atoms with E-state index in [1.165, 1.54) is 45.4 Å². The van der Waals surface area contributed by atoms with Gasteiger partial charge in [-0.2, -0.15) is 13.2 Å². The number of anilines is 4. The summed E-state index contributed by atoms with van der Waals surface area (Å²) in [5.41, 5.74) is 5.03. The van der Waals surface area contributed by atoms with Crippen LogP contribution in [0.4, 0.5) is 40.7 Å². The fraction of sp³-hybridized carbons (Fsp3) is 0.364. The van der Waals surface area contributed by atoms with Crippen LogP contribution in [0.2, 0.25) is 0 Å². The molecule has 0 aromatic heterocycles. The number of hydrogen-bond acceptors (Lipinski definition) is 16. The van der Waals surface area contributed by atoms with Crippen LogP contribution in [-0.4, -0.2) is 152 Å². The van der Waals surface area contributed by atoms with Crippen LogP contribution in [0.5, 0.6) is 23.0 Å².